The number of nitrogens with zero attached hydrogens (tertiary/aromatic N) is 1. The van der Waals surface area contributed by atoms with Crippen LogP contribution in [0, 0.1) is 0 Å². The van der Waals surface area contributed by atoms with Crippen molar-refractivity contribution in [1.82, 2.24) is 0 Å². The van der Waals surface area contributed by atoms with Crippen LogP contribution in [0.15, 0.2) is 182 Å². The van der Waals surface area contributed by atoms with Crippen molar-refractivity contribution in [3.63, 3.8) is 0 Å². The molecule has 0 N–H and O–H groups in total. The van der Waals surface area contributed by atoms with Gasteiger partial charge >= 0.3 is 0 Å². The van der Waals surface area contributed by atoms with E-state index in [4.69, 9.17) is 0 Å². The summed E-state index contributed by atoms with van der Waals surface area (Å²) in [5, 5.41) is 8.43. The van der Waals surface area contributed by atoms with Crippen molar-refractivity contribution in [2.75, 3.05) is 4.90 Å². The minimum absolute atomic E-state index is 0.177. The molecule has 0 radical (unpaired) electrons. The van der Waals surface area contributed by atoms with Crippen LogP contribution in [0.2, 0.25) is 0 Å². The summed E-state index contributed by atoms with van der Waals surface area (Å²) >= 11 is 0. The second-order valence-electron chi connectivity index (χ2n) is 16.6. The third-order valence-electron chi connectivity index (χ3n) is 14.1. The fraction of sp³-hybridized carbons (Fsp3) is 0.158. The lowest BCUT2D eigenvalue weighted by atomic mass is 9.60. The Morgan fingerprint density at radius 2 is 1.02 bits per heavy atom. The van der Waals surface area contributed by atoms with E-state index >= 15 is 0 Å². The van der Waals surface area contributed by atoms with E-state index in [2.05, 4.69) is 208 Å². The molecule has 0 amide bonds. The first-order valence-electron chi connectivity index (χ1n) is 21.3. The first kappa shape index (κ1) is 34.8. The number of hydrogen-bond donors (Lipinski definition) is 0. The molecule has 0 saturated carbocycles. The Morgan fingerprint density at radius 1 is 0.466 bits per heavy atom. The molecule has 2 bridgehead atoms. The van der Waals surface area contributed by atoms with Crippen molar-refractivity contribution >= 4 is 49.4 Å². The van der Waals surface area contributed by atoms with Crippen LogP contribution in [0.5, 0.6) is 0 Å². The predicted octanol–water partition coefficient (Wildman–Crippen LogP) is 15.6. The molecule has 58 heavy (non-hydrogen) atoms. The maximum absolute atomic E-state index is 2.54. The van der Waals surface area contributed by atoms with Gasteiger partial charge in [0.15, 0.2) is 0 Å². The summed E-state index contributed by atoms with van der Waals surface area (Å²) in [6.07, 6.45) is 4.01. The largest absolute Gasteiger partial charge is 0.311 e. The van der Waals surface area contributed by atoms with E-state index in [-0.39, 0.29) is 10.8 Å². The van der Waals surface area contributed by atoms with Crippen molar-refractivity contribution in [3.05, 3.63) is 210 Å². The summed E-state index contributed by atoms with van der Waals surface area (Å²) in [6, 6.07) is 68.7. The Bertz CT molecular complexity index is 2960. The minimum Gasteiger partial charge on any atom is -0.311 e. The third-order valence-corrected chi connectivity index (χ3v) is 14.1. The molecule has 9 aromatic rings. The molecule has 1 unspecified atom stereocenters. The van der Waals surface area contributed by atoms with E-state index in [0.717, 1.165) is 42.7 Å². The van der Waals surface area contributed by atoms with Gasteiger partial charge in [0.05, 0.1) is 0 Å². The highest BCUT2D eigenvalue weighted by Gasteiger charge is 2.43. The van der Waals surface area contributed by atoms with Crippen molar-refractivity contribution in [2.45, 2.75) is 57.3 Å². The van der Waals surface area contributed by atoms with Gasteiger partial charge in [-0.2, -0.15) is 0 Å². The lowest BCUT2D eigenvalue weighted by Gasteiger charge is -2.43. The molecule has 0 saturated heterocycles. The van der Waals surface area contributed by atoms with Crippen molar-refractivity contribution in [2.24, 2.45) is 0 Å². The van der Waals surface area contributed by atoms with Gasteiger partial charge < -0.3 is 4.90 Å². The molecule has 11 rings (SSSR count). The van der Waals surface area contributed by atoms with Gasteiger partial charge in [-0.05, 0) is 144 Å². The topological polar surface area (TPSA) is 3.24 Å². The Balaban J connectivity index is 1.13. The molecule has 9 aromatic carbocycles. The summed E-state index contributed by atoms with van der Waals surface area (Å²) in [7, 11) is 0. The lowest BCUT2D eigenvalue weighted by Crippen LogP contribution is -2.34. The quantitative estimate of drug-likeness (QED) is 0.133. The number of fused-ring (bicyclic) bond motifs is 6. The number of anilines is 3. The Labute approximate surface area is 342 Å². The van der Waals surface area contributed by atoms with Crippen molar-refractivity contribution in [3.8, 4) is 22.3 Å². The Kier molecular flexibility index (Phi) is 7.99. The van der Waals surface area contributed by atoms with Gasteiger partial charge in [-0.15, -0.1) is 0 Å². The van der Waals surface area contributed by atoms with Crippen LogP contribution in [0.1, 0.15) is 67.9 Å². The maximum atomic E-state index is 2.54. The van der Waals surface area contributed by atoms with E-state index in [0.29, 0.717) is 0 Å². The highest BCUT2D eigenvalue weighted by molar-refractivity contribution is 6.17. The van der Waals surface area contributed by atoms with Crippen molar-refractivity contribution < 1.29 is 0 Å². The maximum Gasteiger partial charge on any atom is 0.0461 e. The first-order chi connectivity index (χ1) is 28.6. The Hall–Kier alpha value is -6.44. The predicted molar refractivity (Wildman–Crippen MR) is 247 cm³/mol. The summed E-state index contributed by atoms with van der Waals surface area (Å²) in [4.78, 5) is 2.36. The van der Waals surface area contributed by atoms with E-state index < -0.39 is 0 Å². The molecule has 1 nitrogen and oxygen atoms in total. The molecule has 1 heteroatoms. The van der Waals surface area contributed by atoms with Gasteiger partial charge in [0, 0.05) is 27.9 Å². The molecule has 0 fully saturated rings. The summed E-state index contributed by atoms with van der Waals surface area (Å²) in [6.45, 7) is 7.22. The van der Waals surface area contributed by atoms with Crippen LogP contribution in [0.3, 0.4) is 0 Å². The van der Waals surface area contributed by atoms with E-state index in [1.807, 2.05) is 0 Å². The summed E-state index contributed by atoms with van der Waals surface area (Å²) < 4.78 is 0. The van der Waals surface area contributed by atoms with Crippen LogP contribution in [0.4, 0.5) is 17.1 Å². The van der Waals surface area contributed by atoms with Gasteiger partial charge in [-0.25, -0.2) is 0 Å². The van der Waals surface area contributed by atoms with Crippen LogP contribution in [0.25, 0.3) is 54.6 Å². The van der Waals surface area contributed by atoms with E-state index in [1.54, 1.807) is 0 Å². The zero-order chi connectivity index (χ0) is 39.0. The zero-order valence-corrected chi connectivity index (χ0v) is 33.6. The molecule has 2 aliphatic carbocycles. The lowest BCUT2D eigenvalue weighted by molar-refractivity contribution is 0.483. The van der Waals surface area contributed by atoms with Crippen LogP contribution >= 0.6 is 0 Å². The molecule has 0 heterocycles. The van der Waals surface area contributed by atoms with E-state index in [1.165, 1.54) is 82.4 Å². The highest BCUT2D eigenvalue weighted by Crippen LogP contribution is 2.57. The van der Waals surface area contributed by atoms with Gasteiger partial charge in [0.1, 0.15) is 0 Å². The molecular formula is C57H47N. The summed E-state index contributed by atoms with van der Waals surface area (Å²) in [5.41, 5.74) is 15.8. The molecule has 0 aromatic heterocycles. The first-order valence-corrected chi connectivity index (χ1v) is 21.3. The fourth-order valence-electron chi connectivity index (χ4n) is 11.4. The second-order valence-corrected chi connectivity index (χ2v) is 16.6. The van der Waals surface area contributed by atoms with E-state index in [9.17, 15) is 0 Å². The number of para-hydroxylation sites is 2. The minimum atomic E-state index is -0.192. The van der Waals surface area contributed by atoms with Crippen LogP contribution < -0.4 is 4.90 Å². The molecule has 1 atom stereocenters. The molecule has 0 spiro atoms. The van der Waals surface area contributed by atoms with Gasteiger partial charge in [0.25, 0.3) is 0 Å². The third kappa shape index (κ3) is 4.83. The molecular weight excluding hydrogens is 699 g/mol. The van der Waals surface area contributed by atoms with Gasteiger partial charge in [-0.3, -0.25) is 0 Å². The SMILES string of the molecule is CCC(CC)(c1ccc(N(c2ccccc2)c2ccccc2)cc1)c1c2ccccc2c2c3cc(ccc13)CC2(CC)c1ccc2c3c(cccc13)-c1ccccc1-2. The summed E-state index contributed by atoms with van der Waals surface area (Å²) in [5.74, 6) is 0. The standard InChI is InChI=1S/C57H47N/c1-4-56(5-2,39-29-31-42(32-30-39)58(40-18-9-7-10-19-40)41-20-11-8-12-21-41)54-47-24-15-16-25-48(47)55-51-36-38(28-33-49(51)54)37-57(55,6-3)52-35-34-46-44-23-14-13-22-43(44)45-26-17-27-50(52)53(45)46/h7-36H,4-6,37H2,1-3H3. The molecule has 2 aliphatic rings. The average molecular weight is 746 g/mol. The van der Waals surface area contributed by atoms with Gasteiger partial charge in [0.2, 0.25) is 0 Å². The highest BCUT2D eigenvalue weighted by atomic mass is 15.1. The molecule has 280 valence electrons. The fourth-order valence-corrected chi connectivity index (χ4v) is 11.4. The smallest absolute Gasteiger partial charge is 0.0461 e. The van der Waals surface area contributed by atoms with Crippen molar-refractivity contribution in [1.29, 1.82) is 0 Å². The normalized spacial score (nSPS) is 15.4. The zero-order valence-electron chi connectivity index (χ0n) is 33.6. The van der Waals surface area contributed by atoms with Gasteiger partial charge in [-0.1, -0.05) is 166 Å². The second kappa shape index (κ2) is 13.3. The average Bonchev–Trinajstić information content (AvgIpc) is 3.62. The van der Waals surface area contributed by atoms with Crippen LogP contribution in [-0.4, -0.2) is 0 Å². The Morgan fingerprint density at radius 3 is 1.67 bits per heavy atom. The molecule has 0 aliphatic heterocycles. The number of hydrogen-bond acceptors (Lipinski definition) is 1. The van der Waals surface area contributed by atoms with Crippen LogP contribution in [-0.2, 0) is 17.3 Å². The monoisotopic (exact) mass is 745 g/mol. The number of benzene rings is 9. The number of rotatable bonds is 9.